The number of anilines is 1. The summed E-state index contributed by atoms with van der Waals surface area (Å²) in [5, 5.41) is 1.35. The van der Waals surface area contributed by atoms with Crippen LogP contribution >= 0.6 is 35.1 Å². The fourth-order valence-electron chi connectivity index (χ4n) is 5.85. The third kappa shape index (κ3) is 5.44. The molecule has 5 nitrogen and oxygen atoms in total. The molecule has 2 heterocycles. The second kappa shape index (κ2) is 10.8. The van der Waals surface area contributed by atoms with Gasteiger partial charge in [-0.1, -0.05) is 59.6 Å². The molecule has 2 fully saturated rings. The Bertz CT molecular complexity index is 1260. The largest absolute Gasteiger partial charge is 0.445 e. The number of halogens is 2. The molecule has 0 saturated carbocycles. The van der Waals surface area contributed by atoms with E-state index >= 15 is 0 Å². The number of carbonyl (C=O) groups is 1. The number of nitrogens with zero attached hydrogens (tertiary/aromatic N) is 2. The minimum Gasteiger partial charge on any atom is -0.445 e. The number of likely N-dealkylation sites (tertiary alicyclic amines) is 1. The number of rotatable bonds is 5. The van der Waals surface area contributed by atoms with E-state index in [9.17, 15) is 4.79 Å². The maximum absolute atomic E-state index is 13.1. The van der Waals surface area contributed by atoms with E-state index in [0.29, 0.717) is 22.6 Å². The SMILES string of the molecule is O=C(OCc1ccccc1)N1CCC2CC1c1cc(N3CC[NH+](Sc4cc(Cl)cc(Cl)c4)CC3)ccc12. The van der Waals surface area contributed by atoms with Gasteiger partial charge in [0.25, 0.3) is 0 Å². The van der Waals surface area contributed by atoms with Gasteiger partial charge in [0.15, 0.2) is 0 Å². The van der Waals surface area contributed by atoms with Gasteiger partial charge in [-0.25, -0.2) is 4.79 Å². The molecular formula is C29H30Cl2N3O2S+. The van der Waals surface area contributed by atoms with E-state index in [4.69, 9.17) is 27.9 Å². The van der Waals surface area contributed by atoms with E-state index in [0.717, 1.165) is 56.0 Å². The van der Waals surface area contributed by atoms with Gasteiger partial charge in [0.2, 0.25) is 0 Å². The van der Waals surface area contributed by atoms with Crippen LogP contribution in [0.2, 0.25) is 10.0 Å². The lowest BCUT2D eigenvalue weighted by Gasteiger charge is -2.34. The zero-order valence-corrected chi connectivity index (χ0v) is 22.9. The summed E-state index contributed by atoms with van der Waals surface area (Å²) in [5.41, 5.74) is 4.97. The van der Waals surface area contributed by atoms with Crippen LogP contribution in [0, 0.1) is 0 Å². The highest BCUT2D eigenvalue weighted by atomic mass is 35.5. The first kappa shape index (κ1) is 24.9. The fourth-order valence-corrected chi connectivity index (χ4v) is 7.60. The normalized spacial score (nSPS) is 21.1. The zero-order chi connectivity index (χ0) is 25.4. The van der Waals surface area contributed by atoms with Gasteiger partial charge < -0.3 is 14.5 Å². The van der Waals surface area contributed by atoms with Crippen LogP contribution in [0.25, 0.3) is 0 Å². The van der Waals surface area contributed by atoms with E-state index in [1.807, 2.05) is 47.4 Å². The molecule has 2 atom stereocenters. The van der Waals surface area contributed by atoms with Crippen molar-refractivity contribution in [1.82, 2.24) is 4.90 Å². The number of amides is 1. The summed E-state index contributed by atoms with van der Waals surface area (Å²) >= 11 is 14.2. The third-order valence-corrected chi connectivity index (χ3v) is 9.30. The standard InChI is InChI=1S/C29H29Cl2N3O2S/c30-22-15-23(31)17-25(16-22)37-33-12-10-32(11-13-33)24-6-7-26-21-8-9-34(28(14-21)27(26)18-24)29(35)36-19-20-4-2-1-3-5-20/h1-7,15-18,21,28H,8-14,19H2/p+1. The van der Waals surface area contributed by atoms with E-state index in [-0.39, 0.29) is 12.1 Å². The maximum Gasteiger partial charge on any atom is 0.410 e. The summed E-state index contributed by atoms with van der Waals surface area (Å²) in [6, 6.07) is 22.6. The van der Waals surface area contributed by atoms with Crippen molar-refractivity contribution in [2.75, 3.05) is 37.6 Å². The van der Waals surface area contributed by atoms with Gasteiger partial charge in [0.1, 0.15) is 31.6 Å². The molecule has 0 radical (unpaired) electrons. The van der Waals surface area contributed by atoms with Gasteiger partial charge in [-0.05, 0) is 65.8 Å². The second-order valence-corrected chi connectivity index (χ2v) is 12.1. The van der Waals surface area contributed by atoms with Gasteiger partial charge in [-0.2, -0.15) is 0 Å². The number of nitrogens with one attached hydrogen (secondary N) is 1. The van der Waals surface area contributed by atoms with Crippen LogP contribution in [0.15, 0.2) is 71.6 Å². The molecule has 1 amide bonds. The van der Waals surface area contributed by atoms with Crippen molar-refractivity contribution in [3.8, 4) is 0 Å². The molecule has 3 aromatic rings. The predicted octanol–water partition coefficient (Wildman–Crippen LogP) is 5.98. The summed E-state index contributed by atoms with van der Waals surface area (Å²) in [6.07, 6.45) is 1.78. The minimum absolute atomic E-state index is 0.104. The number of piperidine rings is 1. The first-order valence-electron chi connectivity index (χ1n) is 12.9. The molecule has 3 aromatic carbocycles. The highest BCUT2D eigenvalue weighted by Gasteiger charge is 2.41. The van der Waals surface area contributed by atoms with Gasteiger partial charge >= 0.3 is 6.09 Å². The predicted molar refractivity (Wildman–Crippen MR) is 150 cm³/mol. The minimum atomic E-state index is -0.207. The maximum atomic E-state index is 13.1. The molecule has 3 aliphatic rings. The number of fused-ring (bicyclic) bond motifs is 5. The van der Waals surface area contributed by atoms with Crippen LogP contribution in [-0.4, -0.2) is 43.7 Å². The lowest BCUT2D eigenvalue weighted by atomic mass is 9.96. The quantitative estimate of drug-likeness (QED) is 0.394. The summed E-state index contributed by atoms with van der Waals surface area (Å²) < 4.78 is 7.17. The van der Waals surface area contributed by atoms with Crippen molar-refractivity contribution in [3.63, 3.8) is 0 Å². The van der Waals surface area contributed by atoms with E-state index in [2.05, 4.69) is 23.1 Å². The van der Waals surface area contributed by atoms with Gasteiger partial charge in [-0.3, -0.25) is 4.31 Å². The van der Waals surface area contributed by atoms with Crippen LogP contribution in [-0.2, 0) is 11.3 Å². The number of quaternary nitrogens is 1. The number of carbonyl (C=O) groups excluding carboxylic acids is 1. The average molecular weight is 556 g/mol. The second-order valence-electron chi connectivity index (χ2n) is 10.0. The van der Waals surface area contributed by atoms with Crippen LogP contribution in [0.4, 0.5) is 10.5 Å². The van der Waals surface area contributed by atoms with Crippen LogP contribution in [0.5, 0.6) is 0 Å². The monoisotopic (exact) mass is 554 g/mol. The van der Waals surface area contributed by atoms with Crippen LogP contribution in [0.1, 0.15) is 41.5 Å². The smallest absolute Gasteiger partial charge is 0.410 e. The highest BCUT2D eigenvalue weighted by Crippen LogP contribution is 2.50. The molecular weight excluding hydrogens is 525 g/mol. The third-order valence-electron chi connectivity index (χ3n) is 7.70. The molecule has 0 aromatic heterocycles. The Labute approximate surface area is 232 Å². The van der Waals surface area contributed by atoms with Crippen molar-refractivity contribution < 1.29 is 13.8 Å². The molecule has 6 rings (SSSR count). The molecule has 37 heavy (non-hydrogen) atoms. The number of hydrogen-bond donors (Lipinski definition) is 1. The molecule has 2 bridgehead atoms. The Balaban J connectivity index is 1.11. The van der Waals surface area contributed by atoms with Crippen molar-refractivity contribution >= 4 is 46.9 Å². The molecule has 1 N–H and O–H groups in total. The van der Waals surface area contributed by atoms with Crippen molar-refractivity contribution in [3.05, 3.63) is 93.5 Å². The Morgan fingerprint density at radius 1 is 0.946 bits per heavy atom. The molecule has 2 aliphatic heterocycles. The number of ether oxygens (including phenoxy) is 1. The average Bonchev–Trinajstić information content (AvgIpc) is 3.18. The fraction of sp³-hybridized carbons (Fsp3) is 0.345. The first-order chi connectivity index (χ1) is 18.0. The lowest BCUT2D eigenvalue weighted by molar-refractivity contribution is -0.756. The van der Waals surface area contributed by atoms with Gasteiger partial charge in [-0.15, -0.1) is 0 Å². The van der Waals surface area contributed by atoms with Crippen molar-refractivity contribution in [2.45, 2.75) is 36.3 Å². The summed E-state index contributed by atoms with van der Waals surface area (Å²) in [7, 11) is 0. The lowest BCUT2D eigenvalue weighted by Crippen LogP contribution is -3.08. The molecule has 8 heteroatoms. The van der Waals surface area contributed by atoms with Crippen molar-refractivity contribution in [2.24, 2.45) is 0 Å². The Kier molecular flexibility index (Phi) is 7.26. The van der Waals surface area contributed by atoms with Crippen molar-refractivity contribution in [1.29, 1.82) is 0 Å². The highest BCUT2D eigenvalue weighted by molar-refractivity contribution is 7.93. The molecule has 1 aliphatic carbocycles. The topological polar surface area (TPSA) is 37.2 Å². The van der Waals surface area contributed by atoms with E-state index in [1.165, 1.54) is 21.1 Å². The number of benzene rings is 3. The molecule has 192 valence electrons. The van der Waals surface area contributed by atoms with E-state index < -0.39 is 0 Å². The Hall–Kier alpha value is -2.38. The summed E-state index contributed by atoms with van der Waals surface area (Å²) in [5.74, 6) is 0.537. The van der Waals surface area contributed by atoms with Gasteiger partial charge in [0.05, 0.1) is 24.0 Å². The first-order valence-corrected chi connectivity index (χ1v) is 14.5. The molecule has 0 spiro atoms. The van der Waals surface area contributed by atoms with Crippen LogP contribution < -0.4 is 9.21 Å². The molecule has 2 unspecified atom stereocenters. The van der Waals surface area contributed by atoms with E-state index in [1.54, 1.807) is 18.0 Å². The number of piperazine rings is 1. The molecule has 2 saturated heterocycles. The zero-order valence-electron chi connectivity index (χ0n) is 20.5. The Morgan fingerprint density at radius 2 is 1.70 bits per heavy atom. The summed E-state index contributed by atoms with van der Waals surface area (Å²) in [6.45, 7) is 5.06. The summed E-state index contributed by atoms with van der Waals surface area (Å²) in [4.78, 5) is 18.6. The Morgan fingerprint density at radius 3 is 2.46 bits per heavy atom. The van der Waals surface area contributed by atoms with Gasteiger partial charge in [0, 0.05) is 22.3 Å². The number of hydrogen-bond acceptors (Lipinski definition) is 4. The van der Waals surface area contributed by atoms with Crippen LogP contribution in [0.3, 0.4) is 0 Å².